The quantitative estimate of drug-likeness (QED) is 0.899. The van der Waals surface area contributed by atoms with Crippen molar-refractivity contribution in [3.63, 3.8) is 0 Å². The minimum Gasteiger partial charge on any atom is -0.366 e. The molecule has 2 N–H and O–H groups in total. The minimum atomic E-state index is 0.537. The van der Waals surface area contributed by atoms with E-state index in [1.165, 1.54) is 25.7 Å². The zero-order valence-corrected chi connectivity index (χ0v) is 11.9. The monoisotopic (exact) mass is 298 g/mol. The van der Waals surface area contributed by atoms with Gasteiger partial charge in [-0.25, -0.2) is 4.98 Å². The van der Waals surface area contributed by atoms with Crippen LogP contribution >= 0.6 is 15.9 Å². The first-order valence-corrected chi connectivity index (χ1v) is 6.95. The molecule has 2 atom stereocenters. The van der Waals surface area contributed by atoms with Gasteiger partial charge < -0.3 is 10.6 Å². The smallest absolute Gasteiger partial charge is 0.224 e. The van der Waals surface area contributed by atoms with E-state index in [9.17, 15) is 0 Å². The number of anilines is 2. The number of hydrogen-bond acceptors (Lipinski definition) is 4. The molecule has 1 aliphatic rings. The topological polar surface area (TPSA) is 49.8 Å². The molecule has 2 unspecified atom stereocenters. The first-order valence-electron chi connectivity index (χ1n) is 6.16. The molecular weight excluding hydrogens is 280 g/mol. The zero-order valence-electron chi connectivity index (χ0n) is 10.3. The minimum absolute atomic E-state index is 0.537. The Morgan fingerprint density at radius 3 is 2.94 bits per heavy atom. The summed E-state index contributed by atoms with van der Waals surface area (Å²) in [5, 5.41) is 6.47. The summed E-state index contributed by atoms with van der Waals surface area (Å²) in [6.45, 7) is 2.32. The van der Waals surface area contributed by atoms with E-state index in [2.05, 4.69) is 43.5 Å². The molecule has 0 amide bonds. The highest BCUT2D eigenvalue weighted by atomic mass is 79.9. The van der Waals surface area contributed by atoms with Gasteiger partial charge >= 0.3 is 0 Å². The summed E-state index contributed by atoms with van der Waals surface area (Å²) in [5.41, 5.74) is 0. The van der Waals surface area contributed by atoms with Crippen molar-refractivity contribution >= 4 is 27.7 Å². The van der Waals surface area contributed by atoms with E-state index in [-0.39, 0.29) is 0 Å². The summed E-state index contributed by atoms with van der Waals surface area (Å²) in [6, 6.07) is 0.537. The van der Waals surface area contributed by atoms with E-state index < -0.39 is 0 Å². The third-order valence-corrected chi connectivity index (χ3v) is 3.83. The lowest BCUT2D eigenvalue weighted by atomic mass is 9.87. The highest BCUT2D eigenvalue weighted by Gasteiger charge is 2.19. The van der Waals surface area contributed by atoms with Crippen LogP contribution in [0.25, 0.3) is 0 Å². The number of nitrogens with one attached hydrogen (secondary N) is 2. The number of aromatic nitrogens is 2. The Labute approximate surface area is 111 Å². The summed E-state index contributed by atoms with van der Waals surface area (Å²) in [5.74, 6) is 2.36. The van der Waals surface area contributed by atoms with Crippen LogP contribution in [0.1, 0.15) is 32.6 Å². The SMILES string of the molecule is CNc1ncc(Br)c(NC2CCCC(C)C2)n1. The van der Waals surface area contributed by atoms with Crippen LogP contribution in [0.2, 0.25) is 0 Å². The van der Waals surface area contributed by atoms with Gasteiger partial charge in [-0.3, -0.25) is 0 Å². The lowest BCUT2D eigenvalue weighted by molar-refractivity contribution is 0.358. The fourth-order valence-corrected chi connectivity index (χ4v) is 2.65. The van der Waals surface area contributed by atoms with Gasteiger partial charge in [-0.15, -0.1) is 0 Å². The van der Waals surface area contributed by atoms with Crippen LogP contribution in [0, 0.1) is 5.92 Å². The molecule has 1 aliphatic carbocycles. The molecular formula is C12H19BrN4. The molecule has 5 heteroatoms. The molecule has 0 bridgehead atoms. The first-order chi connectivity index (χ1) is 8.19. The molecule has 4 nitrogen and oxygen atoms in total. The Kier molecular flexibility index (Phi) is 4.20. The molecule has 0 aromatic carbocycles. The molecule has 1 heterocycles. The van der Waals surface area contributed by atoms with Crippen molar-refractivity contribution in [1.82, 2.24) is 9.97 Å². The van der Waals surface area contributed by atoms with Crippen LogP contribution in [-0.2, 0) is 0 Å². The molecule has 2 rings (SSSR count). The van der Waals surface area contributed by atoms with Gasteiger partial charge in [0.1, 0.15) is 5.82 Å². The fourth-order valence-electron chi connectivity index (χ4n) is 2.35. The van der Waals surface area contributed by atoms with Crippen LogP contribution < -0.4 is 10.6 Å². The molecule has 1 aromatic rings. The van der Waals surface area contributed by atoms with Gasteiger partial charge in [0.15, 0.2) is 0 Å². The second-order valence-corrected chi connectivity index (χ2v) is 5.61. The largest absolute Gasteiger partial charge is 0.366 e. The van der Waals surface area contributed by atoms with E-state index in [0.717, 1.165) is 16.2 Å². The van der Waals surface area contributed by atoms with Crippen molar-refractivity contribution in [2.75, 3.05) is 17.7 Å². The molecule has 0 aliphatic heterocycles. The van der Waals surface area contributed by atoms with Crippen LogP contribution in [-0.4, -0.2) is 23.1 Å². The van der Waals surface area contributed by atoms with Gasteiger partial charge in [0.2, 0.25) is 5.95 Å². The predicted octanol–water partition coefficient (Wildman–Crippen LogP) is 3.27. The molecule has 1 fully saturated rings. The van der Waals surface area contributed by atoms with Gasteiger partial charge in [-0.1, -0.05) is 19.8 Å². The Bertz CT molecular complexity index is 383. The molecule has 0 radical (unpaired) electrons. The average Bonchev–Trinajstić information content (AvgIpc) is 2.32. The average molecular weight is 299 g/mol. The Morgan fingerprint density at radius 1 is 1.41 bits per heavy atom. The van der Waals surface area contributed by atoms with Gasteiger partial charge in [-0.05, 0) is 34.7 Å². The van der Waals surface area contributed by atoms with Crippen molar-refractivity contribution in [2.45, 2.75) is 38.6 Å². The zero-order chi connectivity index (χ0) is 12.3. The van der Waals surface area contributed by atoms with E-state index in [0.29, 0.717) is 12.0 Å². The lowest BCUT2D eigenvalue weighted by Gasteiger charge is -2.28. The lowest BCUT2D eigenvalue weighted by Crippen LogP contribution is -2.27. The summed E-state index contributed by atoms with van der Waals surface area (Å²) in [7, 11) is 1.83. The summed E-state index contributed by atoms with van der Waals surface area (Å²) >= 11 is 3.49. The van der Waals surface area contributed by atoms with Gasteiger partial charge in [0, 0.05) is 19.3 Å². The molecule has 1 saturated carbocycles. The number of rotatable bonds is 3. The molecule has 1 aromatic heterocycles. The molecule has 0 saturated heterocycles. The highest BCUT2D eigenvalue weighted by Crippen LogP contribution is 2.28. The van der Waals surface area contributed by atoms with E-state index in [1.807, 2.05) is 7.05 Å². The number of nitrogens with zero attached hydrogens (tertiary/aromatic N) is 2. The van der Waals surface area contributed by atoms with Gasteiger partial charge in [0.05, 0.1) is 4.47 Å². The maximum absolute atomic E-state index is 4.43. The van der Waals surface area contributed by atoms with Crippen molar-refractivity contribution in [1.29, 1.82) is 0 Å². The van der Waals surface area contributed by atoms with Gasteiger partial charge in [0.25, 0.3) is 0 Å². The molecule has 94 valence electrons. The first kappa shape index (κ1) is 12.6. The second kappa shape index (κ2) is 5.67. The number of halogens is 1. The maximum Gasteiger partial charge on any atom is 0.224 e. The normalized spacial score (nSPS) is 24.4. The Morgan fingerprint density at radius 2 is 2.24 bits per heavy atom. The predicted molar refractivity (Wildman–Crippen MR) is 74.3 cm³/mol. The van der Waals surface area contributed by atoms with Crippen molar-refractivity contribution in [3.8, 4) is 0 Å². The van der Waals surface area contributed by atoms with E-state index >= 15 is 0 Å². The fraction of sp³-hybridized carbons (Fsp3) is 0.667. The van der Waals surface area contributed by atoms with Crippen molar-refractivity contribution < 1.29 is 0 Å². The number of hydrogen-bond donors (Lipinski definition) is 2. The van der Waals surface area contributed by atoms with Crippen LogP contribution in [0.15, 0.2) is 10.7 Å². The molecule has 17 heavy (non-hydrogen) atoms. The molecule has 0 spiro atoms. The third kappa shape index (κ3) is 3.31. The Balaban J connectivity index is 2.06. The Hall–Kier alpha value is -0.840. The second-order valence-electron chi connectivity index (χ2n) is 4.75. The van der Waals surface area contributed by atoms with E-state index in [4.69, 9.17) is 0 Å². The van der Waals surface area contributed by atoms with Crippen LogP contribution in [0.3, 0.4) is 0 Å². The third-order valence-electron chi connectivity index (χ3n) is 3.24. The van der Waals surface area contributed by atoms with Crippen LogP contribution in [0.5, 0.6) is 0 Å². The summed E-state index contributed by atoms with van der Waals surface area (Å²) in [4.78, 5) is 8.59. The highest BCUT2D eigenvalue weighted by molar-refractivity contribution is 9.10. The summed E-state index contributed by atoms with van der Waals surface area (Å²) < 4.78 is 0.926. The van der Waals surface area contributed by atoms with Gasteiger partial charge in [-0.2, -0.15) is 4.98 Å². The maximum atomic E-state index is 4.43. The van der Waals surface area contributed by atoms with Crippen molar-refractivity contribution in [2.24, 2.45) is 5.92 Å². The van der Waals surface area contributed by atoms with Crippen LogP contribution in [0.4, 0.5) is 11.8 Å². The standard InChI is InChI=1S/C12H19BrN4/c1-8-4-3-5-9(6-8)16-11-10(13)7-15-12(14-2)17-11/h7-9H,3-6H2,1-2H3,(H2,14,15,16,17). The van der Waals surface area contributed by atoms with Crippen molar-refractivity contribution in [3.05, 3.63) is 10.7 Å². The van der Waals surface area contributed by atoms with E-state index in [1.54, 1.807) is 6.20 Å². The summed E-state index contributed by atoms with van der Waals surface area (Å²) in [6.07, 6.45) is 6.90.